The van der Waals surface area contributed by atoms with E-state index in [0.717, 1.165) is 6.42 Å². The summed E-state index contributed by atoms with van der Waals surface area (Å²) in [5.74, 6) is 0. The van der Waals surface area contributed by atoms with E-state index in [4.69, 9.17) is 15.4 Å². The number of rotatable bonds is 6. The van der Waals surface area contributed by atoms with Gasteiger partial charge in [-0.1, -0.05) is 6.92 Å². The van der Waals surface area contributed by atoms with E-state index in [1.54, 1.807) is 4.68 Å². The lowest BCUT2D eigenvalue weighted by molar-refractivity contribution is 0.124. The van der Waals surface area contributed by atoms with E-state index in [0.29, 0.717) is 12.3 Å². The maximum absolute atomic E-state index is 11.4. The lowest BCUT2D eigenvalue weighted by Crippen LogP contribution is -2.12. The van der Waals surface area contributed by atoms with Crippen LogP contribution in [0.5, 0.6) is 0 Å². The highest BCUT2D eigenvalue weighted by molar-refractivity contribution is 8.13. The molecular weight excluding hydrogens is 264 g/mol. The number of aromatic nitrogens is 2. The summed E-state index contributed by atoms with van der Waals surface area (Å²) in [7, 11) is 1.59. The largest absolute Gasteiger partial charge is 0.375 e. The van der Waals surface area contributed by atoms with Gasteiger partial charge in [0, 0.05) is 23.3 Å². The van der Waals surface area contributed by atoms with Crippen molar-refractivity contribution in [2.45, 2.75) is 44.7 Å². The van der Waals surface area contributed by atoms with Gasteiger partial charge in [-0.2, -0.15) is 5.10 Å². The first-order valence-corrected chi connectivity index (χ1v) is 7.81. The maximum Gasteiger partial charge on any atom is 0.264 e. The predicted molar refractivity (Wildman–Crippen MR) is 65.6 cm³/mol. The van der Waals surface area contributed by atoms with Crippen LogP contribution in [0.25, 0.3) is 0 Å². The van der Waals surface area contributed by atoms with Crippen LogP contribution >= 0.6 is 10.7 Å². The highest BCUT2D eigenvalue weighted by atomic mass is 35.7. The third-order valence-corrected chi connectivity index (χ3v) is 3.94. The zero-order valence-corrected chi connectivity index (χ0v) is 11.8. The summed E-state index contributed by atoms with van der Waals surface area (Å²) < 4.78 is 29.7. The van der Waals surface area contributed by atoms with Gasteiger partial charge in [-0.05, 0) is 20.3 Å². The Morgan fingerprint density at radius 1 is 1.53 bits per heavy atom. The molecule has 5 nitrogen and oxygen atoms in total. The Morgan fingerprint density at radius 2 is 2.18 bits per heavy atom. The molecule has 0 aromatic carbocycles. The molecule has 0 radical (unpaired) electrons. The van der Waals surface area contributed by atoms with Crippen LogP contribution in [0.4, 0.5) is 0 Å². The molecule has 0 amide bonds. The Hall–Kier alpha value is -0.590. The summed E-state index contributed by atoms with van der Waals surface area (Å²) in [6.07, 6.45) is 2.13. The monoisotopic (exact) mass is 280 g/mol. The highest BCUT2D eigenvalue weighted by Crippen LogP contribution is 2.24. The standard InChI is InChI=1S/C10H17ClN2O3S/c1-4-8(3)13-9(7-16-5-2)10(6-12-13)17(11,14)15/h6,8H,4-5,7H2,1-3H3/t8-/m1/s1. The molecule has 0 saturated carbocycles. The van der Waals surface area contributed by atoms with E-state index in [-0.39, 0.29) is 17.5 Å². The van der Waals surface area contributed by atoms with E-state index < -0.39 is 9.05 Å². The average Bonchev–Trinajstić information content (AvgIpc) is 2.68. The van der Waals surface area contributed by atoms with Crippen molar-refractivity contribution in [3.8, 4) is 0 Å². The minimum atomic E-state index is -3.78. The summed E-state index contributed by atoms with van der Waals surface area (Å²) in [5, 5.41) is 4.08. The molecule has 0 fully saturated rings. The molecular formula is C10H17ClN2O3S. The Labute approximate surface area is 106 Å². The Morgan fingerprint density at radius 3 is 2.65 bits per heavy atom. The van der Waals surface area contributed by atoms with Crippen LogP contribution in [0, 0.1) is 0 Å². The first-order valence-electron chi connectivity index (χ1n) is 5.50. The van der Waals surface area contributed by atoms with Gasteiger partial charge in [-0.25, -0.2) is 8.42 Å². The van der Waals surface area contributed by atoms with Crippen LogP contribution in [-0.2, 0) is 20.4 Å². The van der Waals surface area contributed by atoms with Gasteiger partial charge in [0.2, 0.25) is 0 Å². The number of hydrogen-bond acceptors (Lipinski definition) is 4. The molecule has 0 spiro atoms. The minimum Gasteiger partial charge on any atom is -0.375 e. The van der Waals surface area contributed by atoms with Crippen molar-refractivity contribution in [3.63, 3.8) is 0 Å². The van der Waals surface area contributed by atoms with Crippen molar-refractivity contribution in [2.24, 2.45) is 0 Å². The van der Waals surface area contributed by atoms with Gasteiger partial charge in [-0.3, -0.25) is 4.68 Å². The molecule has 7 heteroatoms. The van der Waals surface area contributed by atoms with Crippen molar-refractivity contribution in [2.75, 3.05) is 6.61 Å². The van der Waals surface area contributed by atoms with Gasteiger partial charge < -0.3 is 4.74 Å². The zero-order valence-electron chi connectivity index (χ0n) is 10.2. The molecule has 1 atom stereocenters. The average molecular weight is 281 g/mol. The van der Waals surface area contributed by atoms with Gasteiger partial charge in [-0.15, -0.1) is 0 Å². The van der Waals surface area contributed by atoms with Crippen LogP contribution < -0.4 is 0 Å². The molecule has 0 unspecified atom stereocenters. The molecule has 0 bridgehead atoms. The van der Waals surface area contributed by atoms with Crippen molar-refractivity contribution in [3.05, 3.63) is 11.9 Å². The van der Waals surface area contributed by atoms with E-state index >= 15 is 0 Å². The highest BCUT2D eigenvalue weighted by Gasteiger charge is 2.22. The lowest BCUT2D eigenvalue weighted by atomic mass is 10.2. The molecule has 1 aromatic rings. The molecule has 1 aromatic heterocycles. The van der Waals surface area contributed by atoms with Crippen molar-refractivity contribution < 1.29 is 13.2 Å². The quantitative estimate of drug-likeness (QED) is 0.750. The predicted octanol–water partition coefficient (Wildman–Crippen LogP) is 2.32. The normalized spacial score (nSPS) is 13.9. The summed E-state index contributed by atoms with van der Waals surface area (Å²) >= 11 is 0. The van der Waals surface area contributed by atoms with E-state index in [1.165, 1.54) is 6.20 Å². The molecule has 0 aliphatic carbocycles. The fraction of sp³-hybridized carbons (Fsp3) is 0.700. The zero-order chi connectivity index (χ0) is 13.1. The molecule has 17 heavy (non-hydrogen) atoms. The molecule has 0 aliphatic heterocycles. The van der Waals surface area contributed by atoms with Crippen molar-refractivity contribution in [1.29, 1.82) is 0 Å². The summed E-state index contributed by atoms with van der Waals surface area (Å²) in [5.41, 5.74) is 0.510. The van der Waals surface area contributed by atoms with Gasteiger partial charge in [0.15, 0.2) is 0 Å². The SMILES string of the molecule is CCOCc1c(S(=O)(=O)Cl)cnn1[C@H](C)CC. The van der Waals surface area contributed by atoms with E-state index in [2.05, 4.69) is 5.10 Å². The van der Waals surface area contributed by atoms with Crippen LogP contribution in [-0.4, -0.2) is 24.8 Å². The molecule has 0 aliphatic rings. The third kappa shape index (κ3) is 3.43. The van der Waals surface area contributed by atoms with Crippen LogP contribution in [0.15, 0.2) is 11.1 Å². The van der Waals surface area contributed by atoms with Crippen LogP contribution in [0.1, 0.15) is 38.9 Å². The molecule has 1 heterocycles. The summed E-state index contributed by atoms with van der Waals surface area (Å²) in [6, 6.07) is 0.109. The van der Waals surface area contributed by atoms with E-state index in [1.807, 2.05) is 20.8 Å². The maximum atomic E-state index is 11.4. The van der Waals surface area contributed by atoms with Gasteiger partial charge >= 0.3 is 0 Å². The molecule has 0 N–H and O–H groups in total. The van der Waals surface area contributed by atoms with Gasteiger partial charge in [0.25, 0.3) is 9.05 Å². The Kier molecular flexibility index (Phi) is 4.97. The molecule has 1 rings (SSSR count). The fourth-order valence-electron chi connectivity index (χ4n) is 1.46. The smallest absolute Gasteiger partial charge is 0.264 e. The second kappa shape index (κ2) is 5.84. The van der Waals surface area contributed by atoms with E-state index in [9.17, 15) is 8.42 Å². The minimum absolute atomic E-state index is 0.0351. The van der Waals surface area contributed by atoms with Gasteiger partial charge in [0.1, 0.15) is 4.90 Å². The fourth-order valence-corrected chi connectivity index (χ4v) is 2.46. The lowest BCUT2D eigenvalue weighted by Gasteiger charge is -2.14. The number of nitrogens with zero attached hydrogens (tertiary/aromatic N) is 2. The van der Waals surface area contributed by atoms with Gasteiger partial charge in [0.05, 0.1) is 18.5 Å². The van der Waals surface area contributed by atoms with Crippen molar-refractivity contribution in [1.82, 2.24) is 9.78 Å². The Bertz CT molecular complexity index is 470. The topological polar surface area (TPSA) is 61.2 Å². The van der Waals surface area contributed by atoms with Crippen LogP contribution in [0.3, 0.4) is 0 Å². The third-order valence-electron chi connectivity index (χ3n) is 2.57. The molecule has 0 saturated heterocycles. The Balaban J connectivity index is 3.20. The van der Waals surface area contributed by atoms with Crippen LogP contribution in [0.2, 0.25) is 0 Å². The number of ether oxygens (including phenoxy) is 1. The van der Waals surface area contributed by atoms with Crippen molar-refractivity contribution >= 4 is 19.7 Å². The number of halogens is 1. The summed E-state index contributed by atoms with van der Waals surface area (Å²) in [6.45, 7) is 6.52. The first-order chi connectivity index (χ1) is 7.91. The number of hydrogen-bond donors (Lipinski definition) is 0. The second-order valence-corrected chi connectivity index (χ2v) is 6.27. The first kappa shape index (κ1) is 14.5. The summed E-state index contributed by atoms with van der Waals surface area (Å²) in [4.78, 5) is 0.0351. The second-order valence-electron chi connectivity index (χ2n) is 3.73. The molecule has 98 valence electrons.